The molecule has 0 bridgehead atoms. The summed E-state index contributed by atoms with van der Waals surface area (Å²) in [6.07, 6.45) is 2.16. The Balaban J connectivity index is 2.39. The summed E-state index contributed by atoms with van der Waals surface area (Å²) in [6, 6.07) is 1.84. The number of alkyl halides is 1. The minimum Gasteiger partial charge on any atom is -0.480 e. The van der Waals surface area contributed by atoms with Crippen LogP contribution >= 0.6 is 31.9 Å². The first kappa shape index (κ1) is 11.9. The first-order valence-electron chi connectivity index (χ1n) is 4.76. The van der Waals surface area contributed by atoms with Gasteiger partial charge in [0.1, 0.15) is 5.69 Å². The van der Waals surface area contributed by atoms with Crippen molar-refractivity contribution in [2.45, 2.75) is 11.2 Å². The number of pyridine rings is 1. The second-order valence-electron chi connectivity index (χ2n) is 3.49. The molecule has 0 spiro atoms. The van der Waals surface area contributed by atoms with Gasteiger partial charge in [0.15, 0.2) is 0 Å². The maximum atomic E-state index is 11.8. The van der Waals surface area contributed by atoms with Crippen molar-refractivity contribution in [3.8, 4) is 5.88 Å². The summed E-state index contributed by atoms with van der Waals surface area (Å²) in [4.78, 5) is 17.8. The number of hydrogen-bond donors (Lipinski definition) is 0. The van der Waals surface area contributed by atoms with Gasteiger partial charge >= 0.3 is 0 Å². The number of carbonyl (C=O) groups is 1. The summed E-state index contributed by atoms with van der Waals surface area (Å²) in [7, 11) is 1.55. The molecule has 2 heterocycles. The lowest BCUT2D eigenvalue weighted by molar-refractivity contribution is -0.117. The molecule has 1 fully saturated rings. The Morgan fingerprint density at radius 3 is 2.94 bits per heavy atom. The van der Waals surface area contributed by atoms with Gasteiger partial charge in [0.05, 0.1) is 7.11 Å². The standard InChI is InChI=1S/C10H10Br2N2O2/c1-16-10-8(2-6(11)4-13-10)14-5-7(12)3-9(14)15/h2,4,7H,3,5H2,1H3. The van der Waals surface area contributed by atoms with Crippen LogP contribution in [-0.2, 0) is 4.79 Å². The average molecular weight is 350 g/mol. The van der Waals surface area contributed by atoms with Crippen LogP contribution in [0, 0.1) is 0 Å². The Kier molecular flexibility index (Phi) is 3.49. The summed E-state index contributed by atoms with van der Waals surface area (Å²) >= 11 is 6.79. The molecule has 86 valence electrons. The van der Waals surface area contributed by atoms with Crippen LogP contribution in [0.3, 0.4) is 0 Å². The number of amides is 1. The number of halogens is 2. The lowest BCUT2D eigenvalue weighted by Crippen LogP contribution is -2.25. The van der Waals surface area contributed by atoms with Gasteiger partial charge in [-0.25, -0.2) is 4.98 Å². The molecule has 1 aliphatic heterocycles. The van der Waals surface area contributed by atoms with E-state index in [-0.39, 0.29) is 10.7 Å². The van der Waals surface area contributed by atoms with Crippen molar-refractivity contribution in [3.63, 3.8) is 0 Å². The number of aromatic nitrogens is 1. The third-order valence-electron chi connectivity index (χ3n) is 2.36. The molecule has 0 radical (unpaired) electrons. The van der Waals surface area contributed by atoms with Crippen LogP contribution in [0.25, 0.3) is 0 Å². The lowest BCUT2D eigenvalue weighted by Gasteiger charge is -2.18. The van der Waals surface area contributed by atoms with Crippen molar-refractivity contribution in [3.05, 3.63) is 16.7 Å². The molecule has 0 aliphatic carbocycles. The molecule has 1 saturated heterocycles. The zero-order valence-corrected chi connectivity index (χ0v) is 11.8. The fraction of sp³-hybridized carbons (Fsp3) is 0.400. The fourth-order valence-corrected chi connectivity index (χ4v) is 2.55. The number of methoxy groups -OCH3 is 1. The Morgan fingerprint density at radius 2 is 2.38 bits per heavy atom. The topological polar surface area (TPSA) is 42.4 Å². The predicted molar refractivity (Wildman–Crippen MR) is 68.2 cm³/mol. The van der Waals surface area contributed by atoms with Crippen molar-refractivity contribution in [2.24, 2.45) is 0 Å². The Morgan fingerprint density at radius 1 is 1.62 bits per heavy atom. The average Bonchev–Trinajstić information content (AvgIpc) is 2.57. The Hall–Kier alpha value is -0.620. The monoisotopic (exact) mass is 348 g/mol. The highest BCUT2D eigenvalue weighted by Crippen LogP contribution is 2.33. The Labute approximate surface area is 110 Å². The highest BCUT2D eigenvalue weighted by molar-refractivity contribution is 9.10. The number of carbonyl (C=O) groups excluding carboxylic acids is 1. The van der Waals surface area contributed by atoms with E-state index in [1.807, 2.05) is 6.07 Å². The van der Waals surface area contributed by atoms with Crippen LogP contribution in [0.1, 0.15) is 6.42 Å². The van der Waals surface area contributed by atoms with Crippen LogP contribution < -0.4 is 9.64 Å². The van der Waals surface area contributed by atoms with Crippen molar-refractivity contribution in [1.82, 2.24) is 4.98 Å². The number of ether oxygens (including phenoxy) is 1. The predicted octanol–water partition coefficient (Wildman–Crippen LogP) is 2.35. The molecular weight excluding hydrogens is 340 g/mol. The highest BCUT2D eigenvalue weighted by atomic mass is 79.9. The lowest BCUT2D eigenvalue weighted by atomic mass is 10.3. The van der Waals surface area contributed by atoms with Crippen molar-refractivity contribution >= 4 is 43.5 Å². The van der Waals surface area contributed by atoms with E-state index in [1.54, 1.807) is 18.2 Å². The number of rotatable bonds is 2. The summed E-state index contributed by atoms with van der Waals surface area (Å²) in [5, 5.41) is 0. The molecule has 2 rings (SSSR count). The van der Waals surface area contributed by atoms with Gasteiger partial charge in [0.25, 0.3) is 0 Å². The molecule has 0 aromatic carbocycles. The van der Waals surface area contributed by atoms with Gasteiger partial charge in [0.2, 0.25) is 11.8 Å². The second kappa shape index (κ2) is 4.71. The van der Waals surface area contributed by atoms with E-state index >= 15 is 0 Å². The van der Waals surface area contributed by atoms with E-state index in [2.05, 4.69) is 36.8 Å². The molecule has 16 heavy (non-hydrogen) atoms. The van der Waals surface area contributed by atoms with Gasteiger partial charge < -0.3 is 9.64 Å². The molecule has 0 N–H and O–H groups in total. The molecular formula is C10H10Br2N2O2. The zero-order chi connectivity index (χ0) is 11.7. The van der Waals surface area contributed by atoms with Gasteiger partial charge in [-0.3, -0.25) is 4.79 Å². The summed E-state index contributed by atoms with van der Waals surface area (Å²) in [5.41, 5.74) is 0.712. The van der Waals surface area contributed by atoms with Crippen molar-refractivity contribution in [1.29, 1.82) is 0 Å². The maximum absolute atomic E-state index is 11.8. The van der Waals surface area contributed by atoms with Crippen LogP contribution in [0.5, 0.6) is 5.88 Å². The van der Waals surface area contributed by atoms with Crippen LogP contribution in [0.15, 0.2) is 16.7 Å². The third kappa shape index (κ3) is 2.22. The second-order valence-corrected chi connectivity index (χ2v) is 5.70. The minimum atomic E-state index is 0.0834. The quantitative estimate of drug-likeness (QED) is 0.770. The first-order chi connectivity index (χ1) is 7.61. The summed E-state index contributed by atoms with van der Waals surface area (Å²) in [6.45, 7) is 0.646. The summed E-state index contributed by atoms with van der Waals surface area (Å²) < 4.78 is 5.98. The van der Waals surface area contributed by atoms with E-state index in [0.717, 1.165) is 4.47 Å². The molecule has 1 aromatic heterocycles. The molecule has 4 nitrogen and oxygen atoms in total. The van der Waals surface area contributed by atoms with Crippen molar-refractivity contribution in [2.75, 3.05) is 18.6 Å². The van der Waals surface area contributed by atoms with E-state index in [9.17, 15) is 4.79 Å². The van der Waals surface area contributed by atoms with Crippen molar-refractivity contribution < 1.29 is 9.53 Å². The smallest absolute Gasteiger partial charge is 0.237 e. The molecule has 6 heteroatoms. The van der Waals surface area contributed by atoms with E-state index in [0.29, 0.717) is 24.5 Å². The summed E-state index contributed by atoms with van der Waals surface area (Å²) in [5.74, 6) is 0.554. The Bertz CT molecular complexity index is 425. The number of hydrogen-bond acceptors (Lipinski definition) is 3. The first-order valence-corrected chi connectivity index (χ1v) is 6.46. The third-order valence-corrected chi connectivity index (χ3v) is 3.41. The van der Waals surface area contributed by atoms with Crippen LogP contribution in [0.4, 0.5) is 5.69 Å². The minimum absolute atomic E-state index is 0.0834. The maximum Gasteiger partial charge on any atom is 0.237 e. The van der Waals surface area contributed by atoms with Gasteiger partial charge in [0, 0.05) is 28.5 Å². The van der Waals surface area contributed by atoms with E-state index < -0.39 is 0 Å². The van der Waals surface area contributed by atoms with E-state index in [1.165, 1.54) is 0 Å². The van der Waals surface area contributed by atoms with Gasteiger partial charge in [-0.2, -0.15) is 0 Å². The molecule has 0 saturated carbocycles. The van der Waals surface area contributed by atoms with Crippen LogP contribution in [0.2, 0.25) is 0 Å². The molecule has 1 amide bonds. The molecule has 1 aliphatic rings. The SMILES string of the molecule is COc1ncc(Br)cc1N1CC(Br)CC1=O. The largest absolute Gasteiger partial charge is 0.480 e. The van der Waals surface area contributed by atoms with Gasteiger partial charge in [-0.15, -0.1) is 0 Å². The zero-order valence-electron chi connectivity index (χ0n) is 8.61. The molecule has 1 atom stereocenters. The number of anilines is 1. The number of nitrogens with zero attached hydrogens (tertiary/aromatic N) is 2. The molecule has 1 unspecified atom stereocenters. The normalized spacial score (nSPS) is 20.3. The molecule has 1 aromatic rings. The van der Waals surface area contributed by atoms with E-state index in [4.69, 9.17) is 4.74 Å². The van der Waals surface area contributed by atoms with Gasteiger partial charge in [-0.05, 0) is 22.0 Å². The fourth-order valence-electron chi connectivity index (χ4n) is 1.66. The van der Waals surface area contributed by atoms with Crippen LogP contribution in [-0.4, -0.2) is 29.4 Å². The highest BCUT2D eigenvalue weighted by Gasteiger charge is 2.31. The van der Waals surface area contributed by atoms with Gasteiger partial charge in [-0.1, -0.05) is 15.9 Å².